The third-order valence-electron chi connectivity index (χ3n) is 4.36. The van der Waals surface area contributed by atoms with E-state index in [0.29, 0.717) is 6.54 Å². The number of aliphatic hydroxyl groups is 1. The Balaban J connectivity index is 1.78. The van der Waals surface area contributed by atoms with E-state index in [9.17, 15) is 5.11 Å². The lowest BCUT2D eigenvalue weighted by Crippen LogP contribution is -2.37. The Hall–Kier alpha value is -0.900. The molecule has 0 radical (unpaired) electrons. The van der Waals surface area contributed by atoms with Gasteiger partial charge >= 0.3 is 0 Å². The van der Waals surface area contributed by atoms with Crippen molar-refractivity contribution >= 4 is 0 Å². The van der Waals surface area contributed by atoms with Gasteiger partial charge in [-0.2, -0.15) is 0 Å². The number of hydrogen-bond donors (Lipinski definition) is 2. The minimum atomic E-state index is -0.276. The highest BCUT2D eigenvalue weighted by Crippen LogP contribution is 2.16. The number of rotatable bonds is 6. The Morgan fingerprint density at radius 1 is 1.20 bits per heavy atom. The van der Waals surface area contributed by atoms with Crippen LogP contribution in [0.1, 0.15) is 42.5 Å². The number of likely N-dealkylation sites (tertiary alicyclic amines) is 1. The van der Waals surface area contributed by atoms with Gasteiger partial charge in [0.1, 0.15) is 0 Å². The van der Waals surface area contributed by atoms with Crippen LogP contribution in [-0.4, -0.2) is 42.3 Å². The van der Waals surface area contributed by atoms with Gasteiger partial charge < -0.3 is 15.3 Å². The molecule has 2 unspecified atom stereocenters. The molecule has 0 aliphatic carbocycles. The van der Waals surface area contributed by atoms with Crippen LogP contribution in [0.5, 0.6) is 0 Å². The van der Waals surface area contributed by atoms with E-state index in [1.165, 1.54) is 29.5 Å². The summed E-state index contributed by atoms with van der Waals surface area (Å²) >= 11 is 0. The highest BCUT2D eigenvalue weighted by atomic mass is 16.3. The van der Waals surface area contributed by atoms with Crippen molar-refractivity contribution in [3.8, 4) is 0 Å². The van der Waals surface area contributed by atoms with E-state index in [0.717, 1.165) is 19.6 Å². The number of benzene rings is 1. The molecule has 0 bridgehead atoms. The highest BCUT2D eigenvalue weighted by Gasteiger charge is 2.16. The third kappa shape index (κ3) is 4.30. The van der Waals surface area contributed by atoms with Gasteiger partial charge in [0.15, 0.2) is 0 Å². The molecule has 0 spiro atoms. The summed E-state index contributed by atoms with van der Waals surface area (Å²) in [5.74, 6) is 0. The molecule has 2 atom stereocenters. The van der Waals surface area contributed by atoms with Gasteiger partial charge in [0.25, 0.3) is 0 Å². The van der Waals surface area contributed by atoms with E-state index < -0.39 is 0 Å². The predicted octanol–water partition coefficient (Wildman–Crippen LogP) is 2.41. The molecular formula is C17H28N2O. The van der Waals surface area contributed by atoms with Gasteiger partial charge in [-0.25, -0.2) is 0 Å². The second kappa shape index (κ2) is 7.21. The van der Waals surface area contributed by atoms with Crippen molar-refractivity contribution in [2.24, 2.45) is 0 Å². The van der Waals surface area contributed by atoms with Crippen LogP contribution in [0.15, 0.2) is 18.2 Å². The SMILES string of the molecule is Cc1ccc(C(C)NCC(O)CN2CCCC2)cc1C. The van der Waals surface area contributed by atoms with Gasteiger partial charge in [-0.15, -0.1) is 0 Å². The van der Waals surface area contributed by atoms with E-state index in [4.69, 9.17) is 0 Å². The van der Waals surface area contributed by atoms with Crippen LogP contribution in [0.3, 0.4) is 0 Å². The molecule has 3 heteroatoms. The van der Waals surface area contributed by atoms with E-state index in [1.807, 2.05) is 0 Å². The summed E-state index contributed by atoms with van der Waals surface area (Å²) in [6.07, 6.45) is 2.28. The molecule has 2 rings (SSSR count). The summed E-state index contributed by atoms with van der Waals surface area (Å²) in [6.45, 7) is 10.2. The van der Waals surface area contributed by atoms with Crippen molar-refractivity contribution in [2.75, 3.05) is 26.2 Å². The molecule has 2 N–H and O–H groups in total. The molecule has 0 amide bonds. The predicted molar refractivity (Wildman–Crippen MR) is 84.0 cm³/mol. The largest absolute Gasteiger partial charge is 0.390 e. The molecule has 0 saturated carbocycles. The minimum Gasteiger partial charge on any atom is -0.390 e. The first-order valence-corrected chi connectivity index (χ1v) is 7.77. The second-order valence-electron chi connectivity index (χ2n) is 6.14. The average molecular weight is 276 g/mol. The Bertz CT molecular complexity index is 427. The molecule has 1 saturated heterocycles. The van der Waals surface area contributed by atoms with Gasteiger partial charge in [-0.05, 0) is 63.4 Å². The number of nitrogens with one attached hydrogen (secondary N) is 1. The van der Waals surface area contributed by atoms with Crippen LogP contribution >= 0.6 is 0 Å². The van der Waals surface area contributed by atoms with Gasteiger partial charge in [0, 0.05) is 19.1 Å². The molecule has 1 aromatic rings. The van der Waals surface area contributed by atoms with Crippen molar-refractivity contribution < 1.29 is 5.11 Å². The molecule has 3 nitrogen and oxygen atoms in total. The van der Waals surface area contributed by atoms with Crippen LogP contribution in [-0.2, 0) is 0 Å². The molecule has 20 heavy (non-hydrogen) atoms. The molecule has 1 heterocycles. The normalized spacial score (nSPS) is 19.2. The Morgan fingerprint density at radius 3 is 2.55 bits per heavy atom. The summed E-state index contributed by atoms with van der Waals surface area (Å²) in [7, 11) is 0. The summed E-state index contributed by atoms with van der Waals surface area (Å²) < 4.78 is 0. The number of nitrogens with zero attached hydrogens (tertiary/aromatic N) is 1. The van der Waals surface area contributed by atoms with Gasteiger partial charge in [0.05, 0.1) is 6.10 Å². The van der Waals surface area contributed by atoms with Gasteiger partial charge in [-0.3, -0.25) is 0 Å². The number of β-amino-alcohol motifs (C(OH)–C–C–N with tert-alkyl or cyclic N) is 1. The van der Waals surface area contributed by atoms with Gasteiger partial charge in [-0.1, -0.05) is 18.2 Å². The van der Waals surface area contributed by atoms with Crippen molar-refractivity contribution in [3.63, 3.8) is 0 Å². The number of aryl methyl sites for hydroxylation is 2. The Kier molecular flexibility index (Phi) is 5.58. The fourth-order valence-corrected chi connectivity index (χ4v) is 2.79. The number of hydrogen-bond acceptors (Lipinski definition) is 3. The summed E-state index contributed by atoms with van der Waals surface area (Å²) in [4.78, 5) is 2.35. The standard InChI is InChI=1S/C17H28N2O/c1-13-6-7-16(10-14(13)2)15(3)18-11-17(20)12-19-8-4-5-9-19/h6-7,10,15,17-18,20H,4-5,8-9,11-12H2,1-3H3. The zero-order valence-electron chi connectivity index (χ0n) is 13.0. The minimum absolute atomic E-state index is 0.276. The molecule has 112 valence electrons. The molecular weight excluding hydrogens is 248 g/mol. The van der Waals surface area contributed by atoms with E-state index in [1.54, 1.807) is 0 Å². The molecule has 1 aliphatic rings. The summed E-state index contributed by atoms with van der Waals surface area (Å²) in [6, 6.07) is 6.86. The van der Waals surface area contributed by atoms with E-state index in [2.05, 4.69) is 49.2 Å². The first kappa shape index (κ1) is 15.5. The quantitative estimate of drug-likeness (QED) is 0.837. The van der Waals surface area contributed by atoms with E-state index >= 15 is 0 Å². The lowest BCUT2D eigenvalue weighted by molar-refractivity contribution is 0.121. The lowest BCUT2D eigenvalue weighted by Gasteiger charge is -2.22. The lowest BCUT2D eigenvalue weighted by atomic mass is 10.0. The van der Waals surface area contributed by atoms with E-state index in [-0.39, 0.29) is 12.1 Å². The maximum atomic E-state index is 10.1. The summed E-state index contributed by atoms with van der Waals surface area (Å²) in [5.41, 5.74) is 3.95. The molecule has 1 aliphatic heterocycles. The third-order valence-corrected chi connectivity index (χ3v) is 4.36. The van der Waals surface area contributed by atoms with Crippen molar-refractivity contribution in [1.82, 2.24) is 10.2 Å². The molecule has 1 fully saturated rings. The van der Waals surface area contributed by atoms with Crippen molar-refractivity contribution in [1.29, 1.82) is 0 Å². The topological polar surface area (TPSA) is 35.5 Å². The van der Waals surface area contributed by atoms with Crippen LogP contribution in [0.2, 0.25) is 0 Å². The second-order valence-corrected chi connectivity index (χ2v) is 6.14. The van der Waals surface area contributed by atoms with Crippen LogP contribution in [0.4, 0.5) is 0 Å². The fraction of sp³-hybridized carbons (Fsp3) is 0.647. The fourth-order valence-electron chi connectivity index (χ4n) is 2.79. The Labute approximate surface area is 123 Å². The van der Waals surface area contributed by atoms with Crippen LogP contribution in [0, 0.1) is 13.8 Å². The monoisotopic (exact) mass is 276 g/mol. The number of aliphatic hydroxyl groups excluding tert-OH is 1. The summed E-state index contributed by atoms with van der Waals surface area (Å²) in [5, 5.41) is 13.5. The Morgan fingerprint density at radius 2 is 1.90 bits per heavy atom. The molecule has 1 aromatic carbocycles. The zero-order valence-corrected chi connectivity index (χ0v) is 13.0. The first-order chi connectivity index (χ1) is 9.56. The smallest absolute Gasteiger partial charge is 0.0791 e. The highest BCUT2D eigenvalue weighted by molar-refractivity contribution is 5.31. The van der Waals surface area contributed by atoms with Gasteiger partial charge in [0.2, 0.25) is 0 Å². The maximum absolute atomic E-state index is 10.1. The van der Waals surface area contributed by atoms with Crippen molar-refractivity contribution in [2.45, 2.75) is 45.8 Å². The van der Waals surface area contributed by atoms with Crippen LogP contribution in [0.25, 0.3) is 0 Å². The maximum Gasteiger partial charge on any atom is 0.0791 e. The zero-order chi connectivity index (χ0) is 14.5. The first-order valence-electron chi connectivity index (χ1n) is 7.77. The average Bonchev–Trinajstić information content (AvgIpc) is 2.92. The molecule has 0 aromatic heterocycles. The van der Waals surface area contributed by atoms with Crippen LogP contribution < -0.4 is 5.32 Å². The van der Waals surface area contributed by atoms with Crippen molar-refractivity contribution in [3.05, 3.63) is 34.9 Å².